The van der Waals surface area contributed by atoms with Gasteiger partial charge in [0.25, 0.3) is 23.6 Å². The van der Waals surface area contributed by atoms with Crippen LogP contribution in [0.2, 0.25) is 0 Å². The van der Waals surface area contributed by atoms with Crippen LogP contribution in [0, 0.1) is 0 Å². The Balaban J connectivity index is 0.654. The number of fused-ring (bicyclic) bond motifs is 1. The molecule has 3 N–H and O–H groups in total. The number of imide groups is 2. The minimum Gasteiger partial charge on any atom is -0.493 e. The number of amides is 7. The number of nitrogens with one attached hydrogen (secondary N) is 3. The number of hydrogen-bond donors (Lipinski definition) is 3. The molecule has 4 aromatic carbocycles. The highest BCUT2D eigenvalue weighted by molar-refractivity contribution is 6.24. The van der Waals surface area contributed by atoms with Crippen molar-refractivity contribution < 1.29 is 119 Å². The number of ether oxygens (including phenoxy) is 17. The summed E-state index contributed by atoms with van der Waals surface area (Å²) in [5.74, 6) is -1.88. The van der Waals surface area contributed by atoms with Crippen molar-refractivity contribution in [1.29, 1.82) is 0 Å². The molecule has 30 nitrogen and oxygen atoms in total. The minimum absolute atomic E-state index is 0.00326. The monoisotopic (exact) mass is 1450 g/mol. The number of rotatable bonds is 51. The number of hydrogen-bond acceptors (Lipinski definition) is 25. The number of likely N-dealkylation sites (tertiary alicyclic amines) is 1. The Morgan fingerprint density at radius 2 is 1.07 bits per heavy atom. The molecule has 7 rings (SSSR count). The fourth-order valence-electron chi connectivity index (χ4n) is 11.5. The summed E-state index contributed by atoms with van der Waals surface area (Å²) in [5.41, 5.74) is 2.26. The lowest BCUT2D eigenvalue weighted by Gasteiger charge is -2.37. The van der Waals surface area contributed by atoms with Gasteiger partial charge in [0, 0.05) is 26.1 Å². The second kappa shape index (κ2) is 45.4. The van der Waals surface area contributed by atoms with Gasteiger partial charge in [-0.25, -0.2) is 4.79 Å². The number of methoxy groups -OCH3 is 5. The van der Waals surface area contributed by atoms with E-state index in [1.54, 1.807) is 49.5 Å². The van der Waals surface area contributed by atoms with Crippen LogP contribution in [0.25, 0.3) is 0 Å². The molecule has 7 amide bonds. The predicted molar refractivity (Wildman–Crippen MR) is 369 cm³/mol. The molecule has 2 fully saturated rings. The van der Waals surface area contributed by atoms with Crippen LogP contribution in [-0.4, -0.2) is 257 Å². The Kier molecular flexibility index (Phi) is 36.0. The molecule has 3 aliphatic heterocycles. The maximum atomic E-state index is 14.6. The molecule has 0 bridgehead atoms. The van der Waals surface area contributed by atoms with Gasteiger partial charge < -0.3 is 96.1 Å². The summed E-state index contributed by atoms with van der Waals surface area (Å²) in [5, 5.41) is 7.61. The van der Waals surface area contributed by atoms with Crippen LogP contribution in [0.1, 0.15) is 101 Å². The molecule has 3 aliphatic rings. The summed E-state index contributed by atoms with van der Waals surface area (Å²) in [6.07, 6.45) is 2.51. The summed E-state index contributed by atoms with van der Waals surface area (Å²) in [7, 11) is 7.71. The van der Waals surface area contributed by atoms with E-state index < -0.39 is 66.2 Å². The topological polar surface area (TPSA) is 336 Å². The second-order valence-electron chi connectivity index (χ2n) is 23.6. The van der Waals surface area contributed by atoms with Gasteiger partial charge in [-0.05, 0) is 110 Å². The van der Waals surface area contributed by atoms with Gasteiger partial charge in [-0.1, -0.05) is 31.2 Å². The second-order valence-corrected chi connectivity index (χ2v) is 23.6. The van der Waals surface area contributed by atoms with E-state index in [1.165, 1.54) is 39.5 Å². The molecule has 2 saturated heterocycles. The lowest BCUT2D eigenvalue weighted by molar-refractivity contribution is -0.162. The average Bonchev–Trinajstić information content (AvgIpc) is 1.62. The quantitative estimate of drug-likeness (QED) is 0.0305. The third-order valence-electron chi connectivity index (χ3n) is 16.8. The summed E-state index contributed by atoms with van der Waals surface area (Å²) >= 11 is 0. The number of aryl methyl sites for hydroxylation is 1. The third-order valence-corrected chi connectivity index (χ3v) is 16.8. The Morgan fingerprint density at radius 1 is 0.534 bits per heavy atom. The fourth-order valence-corrected chi connectivity index (χ4v) is 11.5. The zero-order chi connectivity index (χ0) is 73.6. The largest absolute Gasteiger partial charge is 0.493 e. The Bertz CT molecular complexity index is 3330. The van der Waals surface area contributed by atoms with E-state index in [1.807, 2.05) is 31.2 Å². The molecule has 4 aromatic rings. The molecule has 0 radical (unpaired) electrons. The molecule has 566 valence electrons. The first kappa shape index (κ1) is 81.6. The van der Waals surface area contributed by atoms with Crippen LogP contribution < -0.4 is 49.1 Å². The van der Waals surface area contributed by atoms with Crippen molar-refractivity contribution in [2.75, 3.05) is 187 Å². The van der Waals surface area contributed by atoms with Crippen molar-refractivity contribution in [1.82, 2.24) is 25.8 Å². The summed E-state index contributed by atoms with van der Waals surface area (Å²) < 4.78 is 95.7. The van der Waals surface area contributed by atoms with Gasteiger partial charge in [0.1, 0.15) is 29.7 Å². The van der Waals surface area contributed by atoms with Gasteiger partial charge >= 0.3 is 5.97 Å². The predicted octanol–water partition coefficient (Wildman–Crippen LogP) is 4.76. The smallest absolute Gasteiger partial charge is 0.329 e. The van der Waals surface area contributed by atoms with Gasteiger partial charge in [0.15, 0.2) is 36.2 Å². The van der Waals surface area contributed by atoms with Crippen molar-refractivity contribution in [2.24, 2.45) is 0 Å². The zero-order valence-electron chi connectivity index (χ0n) is 59.8. The number of carbonyl (C=O) groups excluding carboxylic acids is 8. The molecule has 1 unspecified atom stereocenters. The average molecular weight is 1450 g/mol. The van der Waals surface area contributed by atoms with Gasteiger partial charge in [0.05, 0.1) is 172 Å². The highest BCUT2D eigenvalue weighted by Crippen LogP contribution is 2.42. The molecule has 30 heteroatoms. The van der Waals surface area contributed by atoms with Gasteiger partial charge in [-0.15, -0.1) is 0 Å². The third kappa shape index (κ3) is 25.9. The molecule has 0 aromatic heterocycles. The van der Waals surface area contributed by atoms with E-state index in [-0.39, 0.29) is 74.4 Å². The van der Waals surface area contributed by atoms with Crippen LogP contribution >= 0.6 is 0 Å². The van der Waals surface area contributed by atoms with Crippen molar-refractivity contribution in [3.63, 3.8) is 0 Å². The number of piperidine rings is 2. The van der Waals surface area contributed by atoms with E-state index in [4.69, 9.17) is 80.5 Å². The van der Waals surface area contributed by atoms with Gasteiger partial charge in [-0.2, -0.15) is 0 Å². The van der Waals surface area contributed by atoms with Crippen LogP contribution in [0.3, 0.4) is 0 Å². The maximum Gasteiger partial charge on any atom is 0.329 e. The van der Waals surface area contributed by atoms with Crippen molar-refractivity contribution >= 4 is 47.3 Å². The van der Waals surface area contributed by atoms with E-state index in [0.717, 1.165) is 23.3 Å². The molecule has 0 saturated carbocycles. The molecule has 3 heterocycles. The highest BCUT2D eigenvalue weighted by atomic mass is 16.6. The lowest BCUT2D eigenvalue weighted by atomic mass is 9.91. The van der Waals surface area contributed by atoms with E-state index in [9.17, 15) is 38.4 Å². The van der Waals surface area contributed by atoms with Crippen LogP contribution in [-0.2, 0) is 82.6 Å². The summed E-state index contributed by atoms with van der Waals surface area (Å²) in [6, 6.07) is 18.8. The SMILES string of the molecule is CC[C@H](C(=O)N1CCCC[C@H]1C(=O)O[C@H](CCc1ccc(OC)c(OC)c1)c1cccc(OCC(=O)NCCOCCOCCOCCOCCOCCOCCOCCOCCOCCNC(=O)COc2cccc3c2C(=O)N(C2CCC(=O)NC2=O)C3=O)c1)c1cc(OC)c(OC)c(OC)c1. The Hall–Kier alpha value is -8.72. The first-order valence-corrected chi connectivity index (χ1v) is 34.7. The molecular weight excluding hydrogens is 1350 g/mol. The van der Waals surface area contributed by atoms with Gasteiger partial charge in [0.2, 0.25) is 23.5 Å². The van der Waals surface area contributed by atoms with Gasteiger partial charge in [-0.3, -0.25) is 43.8 Å². The summed E-state index contributed by atoms with van der Waals surface area (Å²) in [4.78, 5) is 107. The van der Waals surface area contributed by atoms with E-state index >= 15 is 0 Å². The molecule has 0 spiro atoms. The molecule has 103 heavy (non-hydrogen) atoms. The standard InChI is InChI=1S/C73H99N5O25/c1-7-54(52-46-62(89-4)68(91-6)63(47-52)90-5)70(83)77-25-9-8-15-57(77)73(86)103-58(20-17-50-18-21-59(87-2)61(44-50)88-3)51-12-10-13-53(45-51)101-48-65(80)74-23-26-92-28-30-94-32-34-96-36-38-98-40-42-100-43-41-99-39-37-97-35-33-95-31-29-93-27-24-75-66(81)49-102-60-16-11-14-55-67(60)72(85)78(71(55)84)56-19-22-64(79)76-69(56)82/h10-14,16,18,21,44-47,54,56-58H,7-9,15,17,19-20,22-43,48-49H2,1-6H3,(H,74,80)(H,75,81)(H,76,79,82)/t54-,56?,57-,58+/m0/s1. The number of nitrogens with zero attached hydrogens (tertiary/aromatic N) is 2. The first-order chi connectivity index (χ1) is 50.2. The van der Waals surface area contributed by atoms with Crippen molar-refractivity contribution in [2.45, 2.75) is 82.4 Å². The van der Waals surface area contributed by atoms with Crippen molar-refractivity contribution in [3.8, 4) is 40.2 Å². The fraction of sp³-hybridized carbons (Fsp3) is 0.562. The van der Waals surface area contributed by atoms with E-state index in [2.05, 4.69) is 16.0 Å². The number of carbonyl (C=O) groups is 8. The highest BCUT2D eigenvalue weighted by Gasteiger charge is 2.46. The van der Waals surface area contributed by atoms with Crippen LogP contribution in [0.15, 0.2) is 72.8 Å². The van der Waals surface area contributed by atoms with Crippen molar-refractivity contribution in [3.05, 3.63) is 101 Å². The molecular formula is C73H99N5O25. The first-order valence-electron chi connectivity index (χ1n) is 34.7. The Morgan fingerprint density at radius 3 is 1.59 bits per heavy atom. The molecule has 4 atom stereocenters. The maximum absolute atomic E-state index is 14.6. The van der Waals surface area contributed by atoms with E-state index in [0.29, 0.717) is 184 Å². The van der Waals surface area contributed by atoms with Crippen LogP contribution in [0.4, 0.5) is 0 Å². The number of esters is 1. The lowest BCUT2D eigenvalue weighted by Crippen LogP contribution is -2.54. The minimum atomic E-state index is -1.12. The Labute approximate surface area is 600 Å². The molecule has 0 aliphatic carbocycles. The summed E-state index contributed by atoms with van der Waals surface area (Å²) in [6.45, 7) is 8.56. The van der Waals surface area contributed by atoms with Crippen LogP contribution in [0.5, 0.6) is 40.2 Å². The zero-order valence-corrected chi connectivity index (χ0v) is 59.8. The normalized spacial score (nSPS) is 15.6. The number of benzene rings is 4.